The van der Waals surface area contributed by atoms with Gasteiger partial charge in [-0.2, -0.15) is 0 Å². The highest BCUT2D eigenvalue weighted by Gasteiger charge is 2.36. The van der Waals surface area contributed by atoms with Gasteiger partial charge in [0.1, 0.15) is 0 Å². The van der Waals surface area contributed by atoms with Crippen molar-refractivity contribution in [2.75, 3.05) is 48.3 Å². The first-order valence-electron chi connectivity index (χ1n) is 12.6. The zero-order chi connectivity index (χ0) is 25.4. The molecule has 1 atom stereocenters. The zero-order valence-corrected chi connectivity index (χ0v) is 21.2. The van der Waals surface area contributed by atoms with Crippen LogP contribution in [0.1, 0.15) is 28.2 Å². The Balaban J connectivity index is 1.09. The second-order valence-electron chi connectivity index (χ2n) is 9.62. The molecule has 1 aromatic heterocycles. The Kier molecular flexibility index (Phi) is 6.35. The fraction of sp³-hybridized carbons (Fsp3) is 0.333. The fourth-order valence-corrected chi connectivity index (χ4v) is 5.91. The molecule has 0 bridgehead atoms. The quantitative estimate of drug-likeness (QED) is 0.540. The van der Waals surface area contributed by atoms with Crippen LogP contribution in [-0.2, 0) is 16.0 Å². The molecule has 6 rings (SSSR count). The summed E-state index contributed by atoms with van der Waals surface area (Å²) >= 11 is 1.37. The van der Waals surface area contributed by atoms with Gasteiger partial charge in [-0.05, 0) is 42.3 Å². The Morgan fingerprint density at radius 3 is 2.68 bits per heavy atom. The highest BCUT2D eigenvalue weighted by molar-refractivity contribution is 7.11. The van der Waals surface area contributed by atoms with Crippen molar-refractivity contribution in [3.63, 3.8) is 0 Å². The van der Waals surface area contributed by atoms with Crippen LogP contribution in [0.5, 0.6) is 0 Å². The van der Waals surface area contributed by atoms with Gasteiger partial charge in [-0.25, -0.2) is 4.98 Å². The van der Waals surface area contributed by atoms with E-state index >= 15 is 0 Å². The molecule has 4 heterocycles. The van der Waals surface area contributed by atoms with E-state index in [4.69, 9.17) is 0 Å². The molecule has 3 amide bonds. The number of nitrogens with zero attached hydrogens (tertiary/aromatic N) is 4. The van der Waals surface area contributed by atoms with Crippen LogP contribution in [0, 0.1) is 0 Å². The molecule has 1 unspecified atom stereocenters. The van der Waals surface area contributed by atoms with Gasteiger partial charge in [-0.3, -0.25) is 19.3 Å². The number of piperazine rings is 1. The van der Waals surface area contributed by atoms with Crippen molar-refractivity contribution in [2.45, 2.75) is 25.3 Å². The summed E-state index contributed by atoms with van der Waals surface area (Å²) in [5.74, 6) is 0.144. The van der Waals surface area contributed by atoms with Gasteiger partial charge in [0.15, 0.2) is 5.01 Å². The van der Waals surface area contributed by atoms with E-state index in [1.165, 1.54) is 11.3 Å². The Morgan fingerprint density at radius 2 is 1.86 bits per heavy atom. The summed E-state index contributed by atoms with van der Waals surface area (Å²) in [5, 5.41) is 8.70. The minimum Gasteiger partial charge on any atom is -0.355 e. The first-order chi connectivity index (χ1) is 18.0. The molecule has 0 spiro atoms. The molecule has 2 saturated heterocycles. The topological polar surface area (TPSA) is 97.9 Å². The first-order valence-corrected chi connectivity index (χ1v) is 13.4. The molecule has 3 aliphatic rings. The van der Waals surface area contributed by atoms with E-state index in [2.05, 4.69) is 20.5 Å². The van der Waals surface area contributed by atoms with Crippen molar-refractivity contribution in [3.8, 4) is 0 Å². The average Bonchev–Trinajstić information content (AvgIpc) is 3.59. The molecule has 2 fully saturated rings. The normalized spacial score (nSPS) is 20.1. The van der Waals surface area contributed by atoms with Crippen molar-refractivity contribution in [2.24, 2.45) is 0 Å². The molecule has 2 N–H and O–H groups in total. The molecule has 37 heavy (non-hydrogen) atoms. The highest BCUT2D eigenvalue weighted by atomic mass is 32.1. The SMILES string of the molecule is O=C1CCc2ccc(Nc3cccc(N4CC(N5CCN(C(=O)c6nccs6)CC5)CC4=O)c3)cc2N1. The maximum atomic E-state index is 13.0. The average molecular weight is 517 g/mol. The summed E-state index contributed by atoms with van der Waals surface area (Å²) in [4.78, 5) is 47.5. The number of nitrogens with one attached hydrogen (secondary N) is 2. The standard InChI is InChI=1S/C27H28N6O3S/c34-24-7-5-18-4-6-20(15-23(18)30-24)29-19-2-1-3-21(14-19)33-17-22(16-25(33)35)31-9-11-32(12-10-31)27(36)26-28-8-13-37-26/h1-4,6,8,13-15,22,29H,5,7,9-12,16-17H2,(H,30,34). The molecule has 0 saturated carbocycles. The lowest BCUT2D eigenvalue weighted by Gasteiger charge is -2.37. The number of anilines is 4. The van der Waals surface area contributed by atoms with Crippen LogP contribution in [0.25, 0.3) is 0 Å². The first kappa shape index (κ1) is 23.6. The number of hydrogen-bond donors (Lipinski definition) is 2. The molecule has 0 radical (unpaired) electrons. The number of hydrogen-bond acceptors (Lipinski definition) is 7. The number of amides is 3. The van der Waals surface area contributed by atoms with Crippen LogP contribution in [0.2, 0.25) is 0 Å². The Morgan fingerprint density at radius 1 is 1.03 bits per heavy atom. The van der Waals surface area contributed by atoms with Crippen LogP contribution < -0.4 is 15.5 Å². The Bertz CT molecular complexity index is 1340. The van der Waals surface area contributed by atoms with Crippen molar-refractivity contribution < 1.29 is 14.4 Å². The van der Waals surface area contributed by atoms with E-state index in [1.54, 1.807) is 6.20 Å². The van der Waals surface area contributed by atoms with Crippen molar-refractivity contribution in [1.29, 1.82) is 0 Å². The smallest absolute Gasteiger partial charge is 0.282 e. The van der Waals surface area contributed by atoms with E-state index < -0.39 is 0 Å². The number of carbonyl (C=O) groups is 3. The second kappa shape index (κ2) is 9.95. The van der Waals surface area contributed by atoms with E-state index in [-0.39, 0.29) is 23.8 Å². The van der Waals surface area contributed by atoms with Gasteiger partial charge in [0.2, 0.25) is 11.8 Å². The van der Waals surface area contributed by atoms with Crippen molar-refractivity contribution in [1.82, 2.24) is 14.8 Å². The lowest BCUT2D eigenvalue weighted by atomic mass is 10.0. The van der Waals surface area contributed by atoms with Crippen LogP contribution >= 0.6 is 11.3 Å². The number of carbonyl (C=O) groups excluding carboxylic acids is 3. The summed E-state index contributed by atoms with van der Waals surface area (Å²) < 4.78 is 0. The van der Waals surface area contributed by atoms with Gasteiger partial charge in [-0.1, -0.05) is 12.1 Å². The van der Waals surface area contributed by atoms with E-state index in [0.717, 1.165) is 47.8 Å². The van der Waals surface area contributed by atoms with Crippen LogP contribution in [0.15, 0.2) is 54.0 Å². The number of aryl methyl sites for hydroxylation is 1. The molecular formula is C27H28N6O3S. The van der Waals surface area contributed by atoms with E-state index in [1.807, 2.05) is 57.6 Å². The monoisotopic (exact) mass is 516 g/mol. The second-order valence-corrected chi connectivity index (χ2v) is 10.5. The maximum Gasteiger partial charge on any atom is 0.282 e. The molecule has 3 aromatic rings. The van der Waals surface area contributed by atoms with Crippen LogP contribution in [-0.4, -0.2) is 71.3 Å². The van der Waals surface area contributed by atoms with Crippen LogP contribution in [0.4, 0.5) is 22.7 Å². The van der Waals surface area contributed by atoms with Gasteiger partial charge < -0.3 is 20.4 Å². The third-order valence-electron chi connectivity index (χ3n) is 7.29. The van der Waals surface area contributed by atoms with Gasteiger partial charge in [-0.15, -0.1) is 11.3 Å². The summed E-state index contributed by atoms with van der Waals surface area (Å²) in [6.45, 7) is 3.42. The Labute approximate surface area is 219 Å². The molecule has 9 nitrogen and oxygen atoms in total. The largest absolute Gasteiger partial charge is 0.355 e. The molecular weight excluding hydrogens is 488 g/mol. The minimum absolute atomic E-state index is 0.00982. The van der Waals surface area contributed by atoms with Crippen molar-refractivity contribution >= 4 is 51.8 Å². The number of benzene rings is 2. The fourth-order valence-electron chi connectivity index (χ4n) is 5.31. The van der Waals surface area contributed by atoms with Gasteiger partial charge in [0, 0.05) is 85.9 Å². The third kappa shape index (κ3) is 4.94. The predicted octanol–water partition coefficient (Wildman–Crippen LogP) is 3.33. The maximum absolute atomic E-state index is 13.0. The zero-order valence-electron chi connectivity index (χ0n) is 20.4. The van der Waals surface area contributed by atoms with Gasteiger partial charge in [0.05, 0.1) is 0 Å². The molecule has 3 aliphatic heterocycles. The van der Waals surface area contributed by atoms with Gasteiger partial charge >= 0.3 is 0 Å². The number of thiazole rings is 1. The lowest BCUT2D eigenvalue weighted by molar-refractivity contribution is -0.117. The summed E-state index contributed by atoms with van der Waals surface area (Å²) in [7, 11) is 0. The summed E-state index contributed by atoms with van der Waals surface area (Å²) in [6.07, 6.45) is 3.41. The number of aromatic nitrogens is 1. The molecule has 10 heteroatoms. The third-order valence-corrected chi connectivity index (χ3v) is 8.05. The molecule has 2 aromatic carbocycles. The van der Waals surface area contributed by atoms with Crippen molar-refractivity contribution in [3.05, 3.63) is 64.6 Å². The number of rotatable bonds is 5. The van der Waals surface area contributed by atoms with Gasteiger partial charge in [0.25, 0.3) is 5.91 Å². The summed E-state index contributed by atoms with van der Waals surface area (Å²) in [5.41, 5.74) is 4.62. The van der Waals surface area contributed by atoms with E-state index in [0.29, 0.717) is 37.5 Å². The molecule has 0 aliphatic carbocycles. The predicted molar refractivity (Wildman–Crippen MR) is 143 cm³/mol. The van der Waals surface area contributed by atoms with Crippen LogP contribution in [0.3, 0.4) is 0 Å². The minimum atomic E-state index is -0.00982. The van der Waals surface area contributed by atoms with E-state index in [9.17, 15) is 14.4 Å². The summed E-state index contributed by atoms with van der Waals surface area (Å²) in [6, 6.07) is 14.0. The Hall–Kier alpha value is -3.76. The molecule has 190 valence electrons. The highest BCUT2D eigenvalue weighted by Crippen LogP contribution is 2.31. The number of fused-ring (bicyclic) bond motifs is 1. The lowest BCUT2D eigenvalue weighted by Crippen LogP contribution is -2.52.